The molecule has 3 nitrogen and oxygen atoms in total. The Labute approximate surface area is 98.1 Å². The lowest BCUT2D eigenvalue weighted by Gasteiger charge is -2.24. The van der Waals surface area contributed by atoms with Gasteiger partial charge >= 0.3 is 6.09 Å². The van der Waals surface area contributed by atoms with Gasteiger partial charge in [-0.3, -0.25) is 0 Å². The Kier molecular flexibility index (Phi) is 3.13. The fourth-order valence-corrected chi connectivity index (χ4v) is 2.34. The molecule has 0 spiro atoms. The summed E-state index contributed by atoms with van der Waals surface area (Å²) in [6.07, 6.45) is 5.16. The van der Waals surface area contributed by atoms with E-state index in [1.807, 2.05) is 25.7 Å². The standard InChI is InChI=1S/C13H23NO2/c1-13(2,3)16-12(15)14-7-6-11(9-14)8-10-4-5-10/h10-11H,4-9H2,1-3H3. The van der Waals surface area contributed by atoms with Crippen LogP contribution in [0.3, 0.4) is 0 Å². The van der Waals surface area contributed by atoms with Crippen molar-refractivity contribution in [2.24, 2.45) is 11.8 Å². The molecule has 1 saturated carbocycles. The van der Waals surface area contributed by atoms with E-state index in [0.29, 0.717) is 0 Å². The van der Waals surface area contributed by atoms with Crippen molar-refractivity contribution < 1.29 is 9.53 Å². The topological polar surface area (TPSA) is 29.5 Å². The van der Waals surface area contributed by atoms with Gasteiger partial charge in [-0.25, -0.2) is 4.79 Å². The molecule has 0 radical (unpaired) electrons. The van der Waals surface area contributed by atoms with Gasteiger partial charge < -0.3 is 9.64 Å². The smallest absolute Gasteiger partial charge is 0.410 e. The van der Waals surface area contributed by atoms with Crippen molar-refractivity contribution in [2.45, 2.75) is 52.1 Å². The van der Waals surface area contributed by atoms with E-state index in [-0.39, 0.29) is 11.7 Å². The number of carbonyl (C=O) groups excluding carboxylic acids is 1. The third kappa shape index (κ3) is 3.39. The average Bonchev–Trinajstić information content (AvgIpc) is 2.78. The first kappa shape index (κ1) is 11.7. The monoisotopic (exact) mass is 225 g/mol. The van der Waals surface area contributed by atoms with Crippen LogP contribution in [0, 0.1) is 11.8 Å². The number of likely N-dealkylation sites (tertiary alicyclic amines) is 1. The number of hydrogen-bond donors (Lipinski definition) is 0. The number of ether oxygens (including phenoxy) is 1. The SMILES string of the molecule is CC(C)(C)OC(=O)N1CCC(CC2CC2)C1. The molecule has 1 saturated heterocycles. The van der Waals surface area contributed by atoms with Gasteiger partial charge in [0.15, 0.2) is 0 Å². The molecule has 0 aromatic heterocycles. The molecule has 1 aliphatic carbocycles. The van der Waals surface area contributed by atoms with Crippen molar-refractivity contribution in [3.8, 4) is 0 Å². The van der Waals surface area contributed by atoms with E-state index in [2.05, 4.69) is 0 Å². The van der Waals surface area contributed by atoms with Gasteiger partial charge in [0.05, 0.1) is 0 Å². The van der Waals surface area contributed by atoms with E-state index in [4.69, 9.17) is 4.74 Å². The molecule has 0 aromatic carbocycles. The predicted octanol–water partition coefficient (Wildman–Crippen LogP) is 3.04. The van der Waals surface area contributed by atoms with Crippen molar-refractivity contribution in [2.75, 3.05) is 13.1 Å². The largest absolute Gasteiger partial charge is 0.444 e. The number of carbonyl (C=O) groups is 1. The van der Waals surface area contributed by atoms with Gasteiger partial charge in [0.25, 0.3) is 0 Å². The van der Waals surface area contributed by atoms with Crippen LogP contribution in [0.4, 0.5) is 4.79 Å². The van der Waals surface area contributed by atoms with Gasteiger partial charge in [-0.15, -0.1) is 0 Å². The third-order valence-electron chi connectivity index (χ3n) is 3.30. The lowest BCUT2D eigenvalue weighted by molar-refractivity contribution is 0.0287. The molecule has 1 heterocycles. The van der Waals surface area contributed by atoms with E-state index in [0.717, 1.165) is 31.3 Å². The van der Waals surface area contributed by atoms with Gasteiger partial charge in [-0.05, 0) is 45.4 Å². The zero-order valence-electron chi connectivity index (χ0n) is 10.7. The molecule has 0 aromatic rings. The Bertz CT molecular complexity index is 266. The quantitative estimate of drug-likeness (QED) is 0.723. The average molecular weight is 225 g/mol. The van der Waals surface area contributed by atoms with Crippen LogP contribution in [-0.2, 0) is 4.74 Å². The minimum absolute atomic E-state index is 0.134. The lowest BCUT2D eigenvalue weighted by Crippen LogP contribution is -2.35. The highest BCUT2D eigenvalue weighted by Crippen LogP contribution is 2.38. The van der Waals surface area contributed by atoms with Crippen LogP contribution in [0.25, 0.3) is 0 Å². The van der Waals surface area contributed by atoms with E-state index in [1.165, 1.54) is 19.3 Å². The number of amides is 1. The molecule has 1 atom stereocenters. The van der Waals surface area contributed by atoms with E-state index >= 15 is 0 Å². The number of nitrogens with zero attached hydrogens (tertiary/aromatic N) is 1. The van der Waals surface area contributed by atoms with Gasteiger partial charge in [0, 0.05) is 13.1 Å². The van der Waals surface area contributed by atoms with Crippen LogP contribution in [0.15, 0.2) is 0 Å². The summed E-state index contributed by atoms with van der Waals surface area (Å²) < 4.78 is 5.38. The molecule has 2 rings (SSSR count). The normalized spacial score (nSPS) is 25.9. The molecular weight excluding hydrogens is 202 g/mol. The van der Waals surface area contributed by atoms with E-state index < -0.39 is 0 Å². The summed E-state index contributed by atoms with van der Waals surface area (Å²) in [6, 6.07) is 0. The first-order valence-electron chi connectivity index (χ1n) is 6.42. The zero-order valence-corrected chi connectivity index (χ0v) is 10.7. The molecule has 1 aliphatic heterocycles. The highest BCUT2D eigenvalue weighted by atomic mass is 16.6. The summed E-state index contributed by atoms with van der Waals surface area (Å²) in [5, 5.41) is 0. The second-order valence-electron chi connectivity index (χ2n) is 6.26. The van der Waals surface area contributed by atoms with Crippen LogP contribution in [0.1, 0.15) is 46.5 Å². The molecular formula is C13H23NO2. The second kappa shape index (κ2) is 4.27. The zero-order chi connectivity index (χ0) is 11.8. The van der Waals surface area contributed by atoms with Crippen LogP contribution >= 0.6 is 0 Å². The summed E-state index contributed by atoms with van der Waals surface area (Å²) in [5.41, 5.74) is -0.369. The maximum Gasteiger partial charge on any atom is 0.410 e. The molecule has 16 heavy (non-hydrogen) atoms. The van der Waals surface area contributed by atoms with E-state index in [9.17, 15) is 4.79 Å². The Balaban J connectivity index is 1.76. The van der Waals surface area contributed by atoms with Crippen molar-refractivity contribution in [1.29, 1.82) is 0 Å². The second-order valence-corrected chi connectivity index (χ2v) is 6.26. The molecule has 1 unspecified atom stereocenters. The van der Waals surface area contributed by atoms with Crippen LogP contribution < -0.4 is 0 Å². The summed E-state index contributed by atoms with van der Waals surface area (Å²) in [5.74, 6) is 1.68. The summed E-state index contributed by atoms with van der Waals surface area (Å²) in [7, 11) is 0. The Morgan fingerprint density at radius 3 is 2.50 bits per heavy atom. The van der Waals surface area contributed by atoms with Crippen LogP contribution in [0.5, 0.6) is 0 Å². The van der Waals surface area contributed by atoms with Crippen LogP contribution in [-0.4, -0.2) is 29.7 Å². The highest BCUT2D eigenvalue weighted by Gasteiger charge is 2.33. The lowest BCUT2D eigenvalue weighted by atomic mass is 10.0. The molecule has 2 aliphatic rings. The molecule has 92 valence electrons. The Morgan fingerprint density at radius 2 is 1.94 bits per heavy atom. The maximum absolute atomic E-state index is 11.8. The minimum atomic E-state index is -0.369. The number of rotatable bonds is 2. The number of hydrogen-bond acceptors (Lipinski definition) is 2. The van der Waals surface area contributed by atoms with Crippen molar-refractivity contribution >= 4 is 6.09 Å². The van der Waals surface area contributed by atoms with Crippen molar-refractivity contribution in [1.82, 2.24) is 4.90 Å². The molecule has 3 heteroatoms. The predicted molar refractivity (Wildman–Crippen MR) is 63.3 cm³/mol. The van der Waals surface area contributed by atoms with Crippen LogP contribution in [0.2, 0.25) is 0 Å². The fraction of sp³-hybridized carbons (Fsp3) is 0.923. The van der Waals surface area contributed by atoms with E-state index in [1.54, 1.807) is 0 Å². The highest BCUT2D eigenvalue weighted by molar-refractivity contribution is 5.68. The Morgan fingerprint density at radius 1 is 1.25 bits per heavy atom. The third-order valence-corrected chi connectivity index (χ3v) is 3.30. The molecule has 1 amide bonds. The van der Waals surface area contributed by atoms with Gasteiger partial charge in [0.1, 0.15) is 5.60 Å². The van der Waals surface area contributed by atoms with Crippen molar-refractivity contribution in [3.63, 3.8) is 0 Å². The van der Waals surface area contributed by atoms with Gasteiger partial charge in [-0.2, -0.15) is 0 Å². The Hall–Kier alpha value is -0.730. The fourth-order valence-electron chi connectivity index (χ4n) is 2.34. The maximum atomic E-state index is 11.8. The first-order valence-corrected chi connectivity index (χ1v) is 6.42. The minimum Gasteiger partial charge on any atom is -0.444 e. The molecule has 0 N–H and O–H groups in total. The summed E-state index contributed by atoms with van der Waals surface area (Å²) in [4.78, 5) is 13.7. The van der Waals surface area contributed by atoms with Gasteiger partial charge in [0.2, 0.25) is 0 Å². The molecule has 0 bridgehead atoms. The van der Waals surface area contributed by atoms with Gasteiger partial charge in [-0.1, -0.05) is 12.8 Å². The summed E-state index contributed by atoms with van der Waals surface area (Å²) in [6.45, 7) is 7.55. The van der Waals surface area contributed by atoms with Crippen molar-refractivity contribution in [3.05, 3.63) is 0 Å². The first-order chi connectivity index (χ1) is 7.44. The summed E-state index contributed by atoms with van der Waals surface area (Å²) >= 11 is 0. The molecule has 2 fully saturated rings.